The highest BCUT2D eigenvalue weighted by Gasteiger charge is 2.28. The lowest BCUT2D eigenvalue weighted by molar-refractivity contribution is -0.116. The minimum atomic E-state index is -0.0500. The largest absolute Gasteiger partial charge is 0.322 e. The maximum atomic E-state index is 12.6. The summed E-state index contributed by atoms with van der Waals surface area (Å²) >= 11 is 0. The topological polar surface area (TPSA) is 52.7 Å². The van der Waals surface area contributed by atoms with Crippen LogP contribution in [-0.2, 0) is 4.79 Å². The van der Waals surface area contributed by atoms with Crippen molar-refractivity contribution in [1.82, 2.24) is 4.90 Å². The highest BCUT2D eigenvalue weighted by molar-refractivity contribution is 5.93. The van der Waals surface area contributed by atoms with Crippen LogP contribution in [0.3, 0.4) is 0 Å². The second kappa shape index (κ2) is 7.49. The zero-order valence-corrected chi connectivity index (χ0v) is 14.5. The normalized spacial score (nSPS) is 18.0. The molecule has 0 spiro atoms. The number of hydrogen-bond donors (Lipinski definition) is 1. The SMILES string of the molecule is CC(=O)N(C)c1cccc(NC(=O)N2CCCC[C@@H]2C(C)C)c1. The van der Waals surface area contributed by atoms with Crippen LogP contribution in [-0.4, -0.2) is 36.5 Å². The van der Waals surface area contributed by atoms with Crippen LogP contribution in [0.2, 0.25) is 0 Å². The predicted octanol–water partition coefficient (Wildman–Crippen LogP) is 3.71. The molecule has 5 heteroatoms. The van der Waals surface area contributed by atoms with Crippen molar-refractivity contribution >= 4 is 23.3 Å². The van der Waals surface area contributed by atoms with E-state index in [2.05, 4.69) is 19.2 Å². The first-order chi connectivity index (χ1) is 10.9. The van der Waals surface area contributed by atoms with Gasteiger partial charge in [0.1, 0.15) is 0 Å². The fraction of sp³-hybridized carbons (Fsp3) is 0.556. The molecule has 126 valence electrons. The van der Waals surface area contributed by atoms with Gasteiger partial charge in [-0.2, -0.15) is 0 Å². The third-order valence-electron chi connectivity index (χ3n) is 4.54. The molecule has 1 N–H and O–H groups in total. The summed E-state index contributed by atoms with van der Waals surface area (Å²) in [5.41, 5.74) is 1.49. The average molecular weight is 317 g/mol. The fourth-order valence-electron chi connectivity index (χ4n) is 3.07. The molecule has 0 aromatic heterocycles. The fourth-order valence-corrected chi connectivity index (χ4v) is 3.07. The summed E-state index contributed by atoms with van der Waals surface area (Å²) in [6.07, 6.45) is 3.31. The third-order valence-corrected chi connectivity index (χ3v) is 4.54. The van der Waals surface area contributed by atoms with E-state index in [-0.39, 0.29) is 11.9 Å². The van der Waals surface area contributed by atoms with Gasteiger partial charge in [-0.1, -0.05) is 19.9 Å². The Labute approximate surface area is 138 Å². The molecule has 0 saturated carbocycles. The molecule has 1 atom stereocenters. The minimum Gasteiger partial charge on any atom is -0.321 e. The summed E-state index contributed by atoms with van der Waals surface area (Å²) < 4.78 is 0. The summed E-state index contributed by atoms with van der Waals surface area (Å²) in [6, 6.07) is 7.63. The summed E-state index contributed by atoms with van der Waals surface area (Å²) in [5, 5.41) is 2.98. The number of nitrogens with zero attached hydrogens (tertiary/aromatic N) is 2. The summed E-state index contributed by atoms with van der Waals surface area (Å²) in [4.78, 5) is 27.6. The van der Waals surface area contributed by atoms with Crippen LogP contribution in [0.5, 0.6) is 0 Å². The molecule has 1 aromatic rings. The van der Waals surface area contributed by atoms with Gasteiger partial charge in [-0.3, -0.25) is 4.79 Å². The molecule has 1 heterocycles. The molecule has 1 aliphatic heterocycles. The van der Waals surface area contributed by atoms with E-state index in [9.17, 15) is 9.59 Å². The third kappa shape index (κ3) is 4.24. The number of hydrogen-bond acceptors (Lipinski definition) is 2. The lowest BCUT2D eigenvalue weighted by Gasteiger charge is -2.38. The number of carbonyl (C=O) groups is 2. The van der Waals surface area contributed by atoms with E-state index < -0.39 is 0 Å². The van der Waals surface area contributed by atoms with Crippen molar-refractivity contribution in [3.63, 3.8) is 0 Å². The molecule has 5 nitrogen and oxygen atoms in total. The van der Waals surface area contributed by atoms with Gasteiger partial charge in [0.25, 0.3) is 0 Å². The lowest BCUT2D eigenvalue weighted by atomic mass is 9.93. The molecular weight excluding hydrogens is 290 g/mol. The van der Waals surface area contributed by atoms with Crippen molar-refractivity contribution < 1.29 is 9.59 Å². The highest BCUT2D eigenvalue weighted by atomic mass is 16.2. The number of likely N-dealkylation sites (tertiary alicyclic amines) is 1. The number of nitrogens with one attached hydrogen (secondary N) is 1. The smallest absolute Gasteiger partial charge is 0.321 e. The number of benzene rings is 1. The second-order valence-corrected chi connectivity index (χ2v) is 6.56. The van der Waals surface area contributed by atoms with E-state index in [1.54, 1.807) is 11.9 Å². The van der Waals surface area contributed by atoms with Crippen LogP contribution in [0.15, 0.2) is 24.3 Å². The number of piperidine rings is 1. The van der Waals surface area contributed by atoms with Gasteiger partial charge in [-0.05, 0) is 43.4 Å². The van der Waals surface area contributed by atoms with Crippen LogP contribution in [0.1, 0.15) is 40.0 Å². The Morgan fingerprint density at radius 1 is 1.30 bits per heavy atom. The molecule has 0 unspecified atom stereocenters. The summed E-state index contributed by atoms with van der Waals surface area (Å²) in [7, 11) is 1.72. The van der Waals surface area contributed by atoms with Crippen molar-refractivity contribution in [3.8, 4) is 0 Å². The molecule has 1 saturated heterocycles. The predicted molar refractivity (Wildman–Crippen MR) is 93.7 cm³/mol. The first-order valence-electron chi connectivity index (χ1n) is 8.32. The maximum absolute atomic E-state index is 12.6. The molecule has 3 amide bonds. The lowest BCUT2D eigenvalue weighted by Crippen LogP contribution is -2.48. The molecule has 1 fully saturated rings. The molecule has 0 radical (unpaired) electrons. The molecule has 1 aliphatic rings. The number of anilines is 2. The highest BCUT2D eigenvalue weighted by Crippen LogP contribution is 2.25. The molecule has 23 heavy (non-hydrogen) atoms. The van der Waals surface area contributed by atoms with Gasteiger partial charge in [0.2, 0.25) is 5.91 Å². The van der Waals surface area contributed by atoms with Gasteiger partial charge >= 0.3 is 6.03 Å². The molecule has 1 aromatic carbocycles. The van der Waals surface area contributed by atoms with Gasteiger partial charge in [0.05, 0.1) is 0 Å². The van der Waals surface area contributed by atoms with Gasteiger partial charge in [0.15, 0.2) is 0 Å². The quantitative estimate of drug-likeness (QED) is 0.924. The molecule has 2 rings (SSSR count). The van der Waals surface area contributed by atoms with Crippen molar-refractivity contribution in [2.75, 3.05) is 23.8 Å². The Balaban J connectivity index is 2.10. The van der Waals surface area contributed by atoms with E-state index in [0.717, 1.165) is 25.1 Å². The Morgan fingerprint density at radius 2 is 2.04 bits per heavy atom. The van der Waals surface area contributed by atoms with E-state index in [4.69, 9.17) is 0 Å². The van der Waals surface area contributed by atoms with Crippen molar-refractivity contribution in [3.05, 3.63) is 24.3 Å². The van der Waals surface area contributed by atoms with E-state index >= 15 is 0 Å². The average Bonchev–Trinajstić information content (AvgIpc) is 2.54. The van der Waals surface area contributed by atoms with Crippen LogP contribution < -0.4 is 10.2 Å². The standard InChI is InChI=1S/C18H27N3O2/c1-13(2)17-10-5-6-11-21(17)18(23)19-15-8-7-9-16(12-15)20(4)14(3)22/h7-9,12-13,17H,5-6,10-11H2,1-4H3,(H,19,23)/t17-/m1/s1. The van der Waals surface area contributed by atoms with Crippen molar-refractivity contribution in [2.45, 2.75) is 46.1 Å². The molecule has 0 bridgehead atoms. The zero-order valence-electron chi connectivity index (χ0n) is 14.5. The van der Waals surface area contributed by atoms with Gasteiger partial charge in [-0.25, -0.2) is 4.79 Å². The first-order valence-corrected chi connectivity index (χ1v) is 8.32. The number of urea groups is 1. The second-order valence-electron chi connectivity index (χ2n) is 6.56. The Morgan fingerprint density at radius 3 is 2.70 bits per heavy atom. The van der Waals surface area contributed by atoms with Crippen LogP contribution in [0.4, 0.5) is 16.2 Å². The Bertz CT molecular complexity index is 571. The van der Waals surface area contributed by atoms with Crippen LogP contribution >= 0.6 is 0 Å². The Hall–Kier alpha value is -2.04. The number of carbonyl (C=O) groups excluding carboxylic acids is 2. The monoisotopic (exact) mass is 317 g/mol. The van der Waals surface area contributed by atoms with Crippen molar-refractivity contribution in [2.24, 2.45) is 5.92 Å². The van der Waals surface area contributed by atoms with Gasteiger partial charge in [-0.15, -0.1) is 0 Å². The number of rotatable bonds is 3. The molecule has 0 aliphatic carbocycles. The minimum absolute atomic E-state index is 0.0376. The maximum Gasteiger partial charge on any atom is 0.322 e. The summed E-state index contributed by atoms with van der Waals surface area (Å²) in [5.74, 6) is 0.417. The van der Waals surface area contributed by atoms with Crippen molar-refractivity contribution in [1.29, 1.82) is 0 Å². The Kier molecular flexibility index (Phi) is 5.64. The first kappa shape index (κ1) is 17.3. The number of amides is 3. The van der Waals surface area contributed by atoms with Gasteiger partial charge in [0, 0.05) is 37.9 Å². The van der Waals surface area contributed by atoms with Crippen LogP contribution in [0.25, 0.3) is 0 Å². The van der Waals surface area contributed by atoms with E-state index in [1.807, 2.05) is 29.2 Å². The van der Waals surface area contributed by atoms with Gasteiger partial charge < -0.3 is 15.1 Å². The summed E-state index contributed by atoms with van der Waals surface area (Å²) in [6.45, 7) is 6.66. The van der Waals surface area contributed by atoms with Crippen LogP contribution in [0, 0.1) is 5.92 Å². The van der Waals surface area contributed by atoms with E-state index in [1.165, 1.54) is 13.3 Å². The molecular formula is C18H27N3O2. The zero-order chi connectivity index (χ0) is 17.0. The van der Waals surface area contributed by atoms with E-state index in [0.29, 0.717) is 17.6 Å².